The lowest BCUT2D eigenvalue weighted by Gasteiger charge is -2.14. The van der Waals surface area contributed by atoms with Crippen molar-refractivity contribution in [1.29, 1.82) is 0 Å². The Morgan fingerprint density at radius 3 is 2.73 bits per heavy atom. The van der Waals surface area contributed by atoms with Crippen LogP contribution in [-0.2, 0) is 10.8 Å². The molecule has 1 aromatic carbocycles. The fourth-order valence-corrected chi connectivity index (χ4v) is 2.10. The standard InChI is InChI=1S/C14H22ClN3O3S/c1-18(2)5-4-17-14(19)10-8-11(15)12(16)9-13(10)21-6-7-22(3)20/h8-9H,4-7,16H2,1-3H3,(H,17,19). The number of ether oxygens (including phenoxy) is 1. The molecule has 6 nitrogen and oxygen atoms in total. The number of hydrogen-bond donors (Lipinski definition) is 2. The van der Waals surface area contributed by atoms with Gasteiger partial charge in [0.15, 0.2) is 0 Å². The maximum absolute atomic E-state index is 12.2. The van der Waals surface area contributed by atoms with E-state index in [-0.39, 0.29) is 12.5 Å². The highest BCUT2D eigenvalue weighted by Crippen LogP contribution is 2.29. The highest BCUT2D eigenvalue weighted by atomic mass is 35.5. The Labute approximate surface area is 138 Å². The van der Waals surface area contributed by atoms with Crippen molar-refractivity contribution in [1.82, 2.24) is 10.2 Å². The normalized spacial score (nSPS) is 12.2. The first-order valence-electron chi connectivity index (χ1n) is 6.76. The summed E-state index contributed by atoms with van der Waals surface area (Å²) in [4.78, 5) is 14.2. The molecule has 1 amide bonds. The quantitative estimate of drug-likeness (QED) is 0.684. The second-order valence-corrected chi connectivity index (χ2v) is 7.02. The van der Waals surface area contributed by atoms with E-state index in [1.807, 2.05) is 19.0 Å². The highest BCUT2D eigenvalue weighted by molar-refractivity contribution is 7.84. The maximum Gasteiger partial charge on any atom is 0.255 e. The Morgan fingerprint density at radius 2 is 2.14 bits per heavy atom. The van der Waals surface area contributed by atoms with Gasteiger partial charge in [-0.2, -0.15) is 0 Å². The minimum atomic E-state index is -0.965. The first-order chi connectivity index (χ1) is 10.3. The van der Waals surface area contributed by atoms with Crippen LogP contribution >= 0.6 is 11.6 Å². The predicted molar refractivity (Wildman–Crippen MR) is 91.2 cm³/mol. The van der Waals surface area contributed by atoms with Crippen LogP contribution in [0, 0.1) is 0 Å². The van der Waals surface area contributed by atoms with Gasteiger partial charge in [0.25, 0.3) is 5.91 Å². The molecule has 1 aromatic rings. The molecule has 1 unspecified atom stereocenters. The number of halogens is 1. The third-order valence-corrected chi connectivity index (χ3v) is 3.89. The lowest BCUT2D eigenvalue weighted by molar-refractivity contribution is 0.0947. The zero-order valence-electron chi connectivity index (χ0n) is 13.0. The molecule has 0 aliphatic heterocycles. The van der Waals surface area contributed by atoms with Gasteiger partial charge in [0.2, 0.25) is 0 Å². The van der Waals surface area contributed by atoms with E-state index in [4.69, 9.17) is 22.1 Å². The van der Waals surface area contributed by atoms with E-state index in [1.165, 1.54) is 12.1 Å². The van der Waals surface area contributed by atoms with Crippen LogP contribution in [0.5, 0.6) is 5.75 Å². The Hall–Kier alpha value is -1.31. The predicted octanol–water partition coefficient (Wildman–Crippen LogP) is 0.971. The summed E-state index contributed by atoms with van der Waals surface area (Å²) in [5, 5.41) is 3.09. The van der Waals surface area contributed by atoms with Crippen LogP contribution in [0.15, 0.2) is 12.1 Å². The SMILES string of the molecule is CN(C)CCNC(=O)c1cc(Cl)c(N)cc1OCCS(C)=O. The van der Waals surface area contributed by atoms with Crippen molar-refractivity contribution in [2.75, 3.05) is 51.5 Å². The van der Waals surface area contributed by atoms with E-state index in [9.17, 15) is 9.00 Å². The summed E-state index contributed by atoms with van der Waals surface area (Å²) in [6, 6.07) is 3.00. The molecule has 0 radical (unpaired) electrons. The molecular formula is C14H22ClN3O3S. The monoisotopic (exact) mass is 347 g/mol. The molecule has 22 heavy (non-hydrogen) atoms. The van der Waals surface area contributed by atoms with Crippen molar-refractivity contribution in [2.45, 2.75) is 0 Å². The second-order valence-electron chi connectivity index (χ2n) is 5.05. The van der Waals surface area contributed by atoms with Crippen molar-refractivity contribution in [3.63, 3.8) is 0 Å². The molecule has 0 aliphatic carbocycles. The van der Waals surface area contributed by atoms with E-state index in [0.29, 0.717) is 34.3 Å². The number of amides is 1. The average molecular weight is 348 g/mol. The van der Waals surface area contributed by atoms with E-state index >= 15 is 0 Å². The smallest absolute Gasteiger partial charge is 0.255 e. The number of carbonyl (C=O) groups is 1. The van der Waals surface area contributed by atoms with Gasteiger partial charge in [-0.1, -0.05) is 11.6 Å². The molecule has 0 spiro atoms. The molecule has 0 heterocycles. The fourth-order valence-electron chi connectivity index (χ4n) is 1.62. The molecule has 0 bridgehead atoms. The molecule has 0 saturated carbocycles. The van der Waals surface area contributed by atoms with Crippen LogP contribution in [0.1, 0.15) is 10.4 Å². The van der Waals surface area contributed by atoms with Gasteiger partial charge in [-0.3, -0.25) is 9.00 Å². The zero-order chi connectivity index (χ0) is 16.7. The molecule has 8 heteroatoms. The Balaban J connectivity index is 2.83. The number of likely N-dealkylation sites (N-methyl/N-ethyl adjacent to an activating group) is 1. The van der Waals surface area contributed by atoms with E-state index in [2.05, 4.69) is 5.32 Å². The van der Waals surface area contributed by atoms with E-state index in [0.717, 1.165) is 6.54 Å². The zero-order valence-corrected chi connectivity index (χ0v) is 14.6. The van der Waals surface area contributed by atoms with Crippen molar-refractivity contribution >= 4 is 34.0 Å². The van der Waals surface area contributed by atoms with Gasteiger partial charge >= 0.3 is 0 Å². The molecule has 0 saturated heterocycles. The number of anilines is 1. The second kappa shape index (κ2) is 8.97. The van der Waals surface area contributed by atoms with Crippen LogP contribution in [0.4, 0.5) is 5.69 Å². The molecule has 3 N–H and O–H groups in total. The van der Waals surface area contributed by atoms with Crippen LogP contribution in [0.2, 0.25) is 5.02 Å². The minimum absolute atomic E-state index is 0.238. The summed E-state index contributed by atoms with van der Waals surface area (Å²) in [5.41, 5.74) is 6.40. The molecule has 0 fully saturated rings. The molecule has 0 aromatic heterocycles. The molecular weight excluding hydrogens is 326 g/mol. The van der Waals surface area contributed by atoms with Gasteiger partial charge in [0.1, 0.15) is 5.75 Å². The lowest BCUT2D eigenvalue weighted by atomic mass is 10.1. The third-order valence-electron chi connectivity index (χ3n) is 2.82. The number of nitrogens with two attached hydrogens (primary N) is 1. The number of rotatable bonds is 8. The number of nitrogens with zero attached hydrogens (tertiary/aromatic N) is 1. The van der Waals surface area contributed by atoms with Gasteiger partial charge in [0.05, 0.1) is 28.6 Å². The van der Waals surface area contributed by atoms with Gasteiger partial charge in [0, 0.05) is 36.2 Å². The van der Waals surface area contributed by atoms with Crippen molar-refractivity contribution < 1.29 is 13.7 Å². The summed E-state index contributed by atoms with van der Waals surface area (Å²) in [5.74, 6) is 0.440. The number of hydrogen-bond acceptors (Lipinski definition) is 5. The summed E-state index contributed by atoms with van der Waals surface area (Å²) >= 11 is 5.98. The molecule has 124 valence electrons. The third kappa shape index (κ3) is 6.21. The van der Waals surface area contributed by atoms with E-state index < -0.39 is 10.8 Å². The number of benzene rings is 1. The van der Waals surface area contributed by atoms with Gasteiger partial charge in [-0.15, -0.1) is 0 Å². The first kappa shape index (κ1) is 18.7. The van der Waals surface area contributed by atoms with Crippen molar-refractivity contribution in [3.05, 3.63) is 22.7 Å². The van der Waals surface area contributed by atoms with Crippen LogP contribution < -0.4 is 15.8 Å². The number of nitrogens with one attached hydrogen (secondary N) is 1. The largest absolute Gasteiger partial charge is 0.492 e. The van der Waals surface area contributed by atoms with Crippen molar-refractivity contribution in [2.24, 2.45) is 0 Å². The highest BCUT2D eigenvalue weighted by Gasteiger charge is 2.15. The Bertz CT molecular complexity index is 552. The minimum Gasteiger partial charge on any atom is -0.492 e. The molecule has 1 rings (SSSR count). The number of carbonyl (C=O) groups excluding carboxylic acids is 1. The average Bonchev–Trinajstić information content (AvgIpc) is 2.41. The van der Waals surface area contributed by atoms with E-state index in [1.54, 1.807) is 6.26 Å². The van der Waals surface area contributed by atoms with Crippen LogP contribution in [0.3, 0.4) is 0 Å². The van der Waals surface area contributed by atoms with Gasteiger partial charge in [-0.05, 0) is 20.2 Å². The Kier molecular flexibility index (Phi) is 7.64. The summed E-state index contributed by atoms with van der Waals surface area (Å²) in [6.45, 7) is 1.47. The molecule has 1 atom stereocenters. The Morgan fingerprint density at radius 1 is 1.45 bits per heavy atom. The first-order valence-corrected chi connectivity index (χ1v) is 8.86. The van der Waals surface area contributed by atoms with Crippen LogP contribution in [0.25, 0.3) is 0 Å². The van der Waals surface area contributed by atoms with Crippen LogP contribution in [-0.4, -0.2) is 60.8 Å². The van der Waals surface area contributed by atoms with Gasteiger partial charge < -0.3 is 20.7 Å². The number of nitrogen functional groups attached to an aromatic ring is 1. The van der Waals surface area contributed by atoms with Gasteiger partial charge in [-0.25, -0.2) is 0 Å². The maximum atomic E-state index is 12.2. The summed E-state index contributed by atoms with van der Waals surface area (Å²) < 4.78 is 16.6. The summed E-state index contributed by atoms with van der Waals surface area (Å²) in [7, 11) is 2.88. The lowest BCUT2D eigenvalue weighted by Crippen LogP contribution is -2.31. The topological polar surface area (TPSA) is 84.7 Å². The molecule has 0 aliphatic rings. The fraction of sp³-hybridized carbons (Fsp3) is 0.500. The van der Waals surface area contributed by atoms with Crippen molar-refractivity contribution in [3.8, 4) is 5.75 Å². The summed E-state index contributed by atoms with van der Waals surface area (Å²) in [6.07, 6.45) is 1.59.